The standard InChI is InChI=1S/C18H16N2O5/c1-11(17(21)20-13-4-6-14(23-2)7-5-13)25-18(22)12-3-8-16-15(9-12)19-10-24-16/h3-11H,1-2H3,(H,20,21). The Morgan fingerprint density at radius 1 is 1.16 bits per heavy atom. The summed E-state index contributed by atoms with van der Waals surface area (Å²) in [7, 11) is 1.56. The minimum Gasteiger partial charge on any atom is -0.497 e. The molecule has 3 rings (SSSR count). The third-order valence-corrected chi connectivity index (χ3v) is 3.58. The van der Waals surface area contributed by atoms with E-state index in [1.165, 1.54) is 13.3 Å². The molecular formula is C18H16N2O5. The van der Waals surface area contributed by atoms with Crippen LogP contribution in [-0.2, 0) is 9.53 Å². The molecule has 0 aliphatic carbocycles. The Morgan fingerprint density at radius 2 is 1.92 bits per heavy atom. The van der Waals surface area contributed by atoms with Gasteiger partial charge in [0.15, 0.2) is 18.1 Å². The number of benzene rings is 2. The summed E-state index contributed by atoms with van der Waals surface area (Å²) >= 11 is 0. The molecule has 0 aliphatic heterocycles. The number of fused-ring (bicyclic) bond motifs is 1. The zero-order valence-corrected chi connectivity index (χ0v) is 13.7. The molecule has 7 nitrogen and oxygen atoms in total. The van der Waals surface area contributed by atoms with Crippen LogP contribution in [-0.4, -0.2) is 30.1 Å². The number of esters is 1. The van der Waals surface area contributed by atoms with E-state index in [1.54, 1.807) is 49.6 Å². The predicted molar refractivity (Wildman–Crippen MR) is 90.5 cm³/mol. The number of rotatable bonds is 5. The van der Waals surface area contributed by atoms with Gasteiger partial charge in [-0.05, 0) is 49.4 Å². The minimum absolute atomic E-state index is 0.297. The van der Waals surface area contributed by atoms with Crippen LogP contribution in [0.3, 0.4) is 0 Å². The summed E-state index contributed by atoms with van der Waals surface area (Å²) < 4.78 is 15.4. The first-order valence-corrected chi connectivity index (χ1v) is 7.56. The van der Waals surface area contributed by atoms with Crippen LogP contribution in [0.5, 0.6) is 5.75 Å². The maximum Gasteiger partial charge on any atom is 0.338 e. The number of methoxy groups -OCH3 is 1. The highest BCUT2D eigenvalue weighted by Gasteiger charge is 2.19. The van der Waals surface area contributed by atoms with Gasteiger partial charge in [-0.2, -0.15) is 0 Å². The maximum atomic E-state index is 12.2. The lowest BCUT2D eigenvalue weighted by molar-refractivity contribution is -0.123. The van der Waals surface area contributed by atoms with Gasteiger partial charge in [0.05, 0.1) is 12.7 Å². The van der Waals surface area contributed by atoms with Gasteiger partial charge < -0.3 is 19.2 Å². The van der Waals surface area contributed by atoms with Crippen molar-refractivity contribution in [2.75, 3.05) is 12.4 Å². The zero-order valence-electron chi connectivity index (χ0n) is 13.7. The third-order valence-electron chi connectivity index (χ3n) is 3.58. The summed E-state index contributed by atoms with van der Waals surface area (Å²) in [6.07, 6.45) is 0.340. The Morgan fingerprint density at radius 3 is 2.64 bits per heavy atom. The van der Waals surface area contributed by atoms with Crippen LogP contribution in [0.15, 0.2) is 53.3 Å². The molecule has 25 heavy (non-hydrogen) atoms. The first-order chi connectivity index (χ1) is 12.1. The van der Waals surface area contributed by atoms with Crippen molar-refractivity contribution in [3.8, 4) is 5.75 Å². The van der Waals surface area contributed by atoms with E-state index in [0.29, 0.717) is 28.1 Å². The molecule has 0 saturated carbocycles. The van der Waals surface area contributed by atoms with Crippen molar-refractivity contribution in [1.82, 2.24) is 4.98 Å². The van der Waals surface area contributed by atoms with Crippen molar-refractivity contribution in [1.29, 1.82) is 0 Å². The van der Waals surface area contributed by atoms with Gasteiger partial charge in [-0.25, -0.2) is 9.78 Å². The minimum atomic E-state index is -0.956. The number of amides is 1. The number of oxazole rings is 1. The molecule has 0 fully saturated rings. The predicted octanol–water partition coefficient (Wildman–Crippen LogP) is 3.02. The molecule has 1 atom stereocenters. The van der Waals surface area contributed by atoms with E-state index in [1.807, 2.05) is 0 Å². The molecule has 0 aliphatic rings. The summed E-state index contributed by atoms with van der Waals surface area (Å²) in [5.74, 6) is -0.357. The van der Waals surface area contributed by atoms with Gasteiger partial charge in [0, 0.05) is 5.69 Å². The Hall–Kier alpha value is -3.35. The average Bonchev–Trinajstić information content (AvgIpc) is 3.09. The topological polar surface area (TPSA) is 90.7 Å². The number of hydrogen-bond acceptors (Lipinski definition) is 6. The van der Waals surface area contributed by atoms with E-state index < -0.39 is 18.0 Å². The molecule has 7 heteroatoms. The summed E-state index contributed by atoms with van der Waals surface area (Å²) in [6, 6.07) is 11.6. The second-order valence-corrected chi connectivity index (χ2v) is 5.30. The Bertz CT molecular complexity index is 901. The van der Waals surface area contributed by atoms with Gasteiger partial charge in [0.25, 0.3) is 5.91 Å². The van der Waals surface area contributed by atoms with Gasteiger partial charge in [-0.3, -0.25) is 4.79 Å². The van der Waals surface area contributed by atoms with E-state index >= 15 is 0 Å². The van der Waals surface area contributed by atoms with Crippen LogP contribution >= 0.6 is 0 Å². The monoisotopic (exact) mass is 340 g/mol. The fraction of sp³-hybridized carbons (Fsp3) is 0.167. The van der Waals surface area contributed by atoms with Crippen LogP contribution in [0.25, 0.3) is 11.1 Å². The normalized spacial score (nSPS) is 11.8. The zero-order chi connectivity index (χ0) is 17.8. The summed E-state index contributed by atoms with van der Waals surface area (Å²) in [5.41, 5.74) is 2.00. The molecule has 1 N–H and O–H groups in total. The Balaban J connectivity index is 1.62. The van der Waals surface area contributed by atoms with Crippen LogP contribution < -0.4 is 10.1 Å². The lowest BCUT2D eigenvalue weighted by Gasteiger charge is -2.13. The summed E-state index contributed by atoms with van der Waals surface area (Å²) in [6.45, 7) is 1.51. The van der Waals surface area contributed by atoms with Crippen LogP contribution in [0.1, 0.15) is 17.3 Å². The Labute approximate surface area is 143 Å². The average molecular weight is 340 g/mol. The number of nitrogens with one attached hydrogen (secondary N) is 1. The number of nitrogens with zero attached hydrogens (tertiary/aromatic N) is 1. The second-order valence-electron chi connectivity index (χ2n) is 5.30. The van der Waals surface area contributed by atoms with Gasteiger partial charge >= 0.3 is 5.97 Å². The lowest BCUT2D eigenvalue weighted by Crippen LogP contribution is -2.30. The Kier molecular flexibility index (Phi) is 4.65. The quantitative estimate of drug-likeness (QED) is 0.718. The first-order valence-electron chi connectivity index (χ1n) is 7.56. The number of anilines is 1. The third kappa shape index (κ3) is 3.77. The summed E-state index contributed by atoms with van der Waals surface area (Å²) in [4.78, 5) is 28.3. The van der Waals surface area contributed by atoms with Crippen molar-refractivity contribution in [3.63, 3.8) is 0 Å². The molecule has 1 unspecified atom stereocenters. The van der Waals surface area contributed by atoms with Gasteiger partial charge in [0.2, 0.25) is 0 Å². The number of ether oxygens (including phenoxy) is 2. The SMILES string of the molecule is COc1ccc(NC(=O)C(C)OC(=O)c2ccc3ocnc3c2)cc1. The van der Waals surface area contributed by atoms with Crippen molar-refractivity contribution in [2.45, 2.75) is 13.0 Å². The van der Waals surface area contributed by atoms with E-state index in [0.717, 1.165) is 0 Å². The van der Waals surface area contributed by atoms with Crippen molar-refractivity contribution in [2.24, 2.45) is 0 Å². The van der Waals surface area contributed by atoms with Crippen molar-refractivity contribution >= 4 is 28.7 Å². The number of carbonyl (C=O) groups excluding carboxylic acids is 2. The van der Waals surface area contributed by atoms with E-state index in [-0.39, 0.29) is 0 Å². The maximum absolute atomic E-state index is 12.2. The van der Waals surface area contributed by atoms with E-state index in [9.17, 15) is 9.59 Å². The molecule has 2 aromatic carbocycles. The van der Waals surface area contributed by atoms with Gasteiger partial charge in [0.1, 0.15) is 11.3 Å². The van der Waals surface area contributed by atoms with E-state index in [2.05, 4.69) is 10.3 Å². The molecule has 0 spiro atoms. The highest BCUT2D eigenvalue weighted by Crippen LogP contribution is 2.17. The molecule has 1 amide bonds. The fourth-order valence-electron chi connectivity index (χ4n) is 2.19. The molecule has 128 valence electrons. The van der Waals surface area contributed by atoms with Crippen molar-refractivity contribution < 1.29 is 23.5 Å². The van der Waals surface area contributed by atoms with Gasteiger partial charge in [-0.15, -0.1) is 0 Å². The highest BCUT2D eigenvalue weighted by atomic mass is 16.5. The smallest absolute Gasteiger partial charge is 0.338 e. The fourth-order valence-corrected chi connectivity index (χ4v) is 2.19. The molecule has 0 radical (unpaired) electrons. The van der Waals surface area contributed by atoms with Gasteiger partial charge in [-0.1, -0.05) is 0 Å². The largest absolute Gasteiger partial charge is 0.497 e. The van der Waals surface area contributed by atoms with Crippen LogP contribution in [0.4, 0.5) is 5.69 Å². The van der Waals surface area contributed by atoms with Crippen LogP contribution in [0.2, 0.25) is 0 Å². The van der Waals surface area contributed by atoms with Crippen molar-refractivity contribution in [3.05, 3.63) is 54.4 Å². The molecular weight excluding hydrogens is 324 g/mol. The highest BCUT2D eigenvalue weighted by molar-refractivity contribution is 5.98. The second kappa shape index (κ2) is 7.04. The first kappa shape index (κ1) is 16.5. The molecule has 1 heterocycles. The molecule has 1 aromatic heterocycles. The molecule has 0 saturated heterocycles. The number of aromatic nitrogens is 1. The van der Waals surface area contributed by atoms with E-state index in [4.69, 9.17) is 13.9 Å². The molecule has 3 aromatic rings. The summed E-state index contributed by atoms with van der Waals surface area (Å²) in [5, 5.41) is 2.68. The lowest BCUT2D eigenvalue weighted by atomic mass is 10.2. The number of carbonyl (C=O) groups is 2. The number of hydrogen-bond donors (Lipinski definition) is 1. The molecule has 0 bridgehead atoms. The van der Waals surface area contributed by atoms with Crippen LogP contribution in [0, 0.1) is 0 Å².